The van der Waals surface area contributed by atoms with Crippen LogP contribution < -0.4 is 5.56 Å². The number of carbonyl (C=O) groups is 1. The summed E-state index contributed by atoms with van der Waals surface area (Å²) in [4.78, 5) is 24.5. The molecule has 0 radical (unpaired) electrons. The van der Waals surface area contributed by atoms with Crippen molar-refractivity contribution in [3.8, 4) is 11.1 Å². The van der Waals surface area contributed by atoms with Gasteiger partial charge in [-0.25, -0.2) is 4.68 Å². The Balaban J connectivity index is 1.39. The summed E-state index contributed by atoms with van der Waals surface area (Å²) in [6.07, 6.45) is -5.22. The van der Waals surface area contributed by atoms with Crippen LogP contribution in [0, 0.1) is 12.8 Å². The van der Waals surface area contributed by atoms with Crippen LogP contribution in [0.4, 0.5) is 13.2 Å². The quantitative estimate of drug-likeness (QED) is 0.323. The molecule has 1 aromatic heterocycles. The van der Waals surface area contributed by atoms with Crippen molar-refractivity contribution in [3.05, 3.63) is 93.8 Å². The molecular weight excluding hydrogens is 499 g/mol. The maximum Gasteiger partial charge on any atom is 0.416 e. The highest BCUT2D eigenvalue weighted by Gasteiger charge is 2.31. The number of hydrogen-bond acceptors (Lipinski definition) is 5. The Hall–Kier alpha value is -4.05. The van der Waals surface area contributed by atoms with Crippen LogP contribution in [0.3, 0.4) is 0 Å². The van der Waals surface area contributed by atoms with E-state index in [1.54, 1.807) is 0 Å². The zero-order valence-electron chi connectivity index (χ0n) is 20.5. The first-order chi connectivity index (χ1) is 18.0. The van der Waals surface area contributed by atoms with Crippen molar-refractivity contribution < 1.29 is 28.2 Å². The Morgan fingerprint density at radius 2 is 1.61 bits per heavy atom. The second-order valence-electron chi connectivity index (χ2n) is 9.25. The van der Waals surface area contributed by atoms with Gasteiger partial charge in [-0.1, -0.05) is 59.3 Å². The summed E-state index contributed by atoms with van der Waals surface area (Å²) < 4.78 is 39.7. The van der Waals surface area contributed by atoms with Crippen LogP contribution in [0.1, 0.15) is 29.5 Å². The molecule has 0 fully saturated rings. The summed E-state index contributed by atoms with van der Waals surface area (Å²) in [5.74, 6) is -2.39. The molecule has 0 saturated carbocycles. The first-order valence-electron chi connectivity index (χ1n) is 12.0. The summed E-state index contributed by atoms with van der Waals surface area (Å²) in [6.45, 7) is 1.86. The number of aliphatic hydroxyl groups is 1. The Labute approximate surface area is 216 Å². The zero-order chi connectivity index (χ0) is 27.4. The molecule has 1 unspecified atom stereocenters. The average molecular weight is 526 g/mol. The number of carboxylic acid groups (broad SMARTS) is 1. The molecule has 3 aromatic carbocycles. The molecule has 38 heavy (non-hydrogen) atoms. The Morgan fingerprint density at radius 1 is 0.974 bits per heavy atom. The highest BCUT2D eigenvalue weighted by Crippen LogP contribution is 2.30. The molecule has 198 valence electrons. The van der Waals surface area contributed by atoms with Crippen molar-refractivity contribution in [2.24, 2.45) is 5.92 Å². The first kappa shape index (κ1) is 27.0. The lowest BCUT2D eigenvalue weighted by Gasteiger charge is -2.19. The molecule has 10 heteroatoms. The van der Waals surface area contributed by atoms with E-state index in [0.29, 0.717) is 6.42 Å². The highest BCUT2D eigenvalue weighted by molar-refractivity contribution is 5.77. The van der Waals surface area contributed by atoms with E-state index in [1.165, 1.54) is 5.56 Å². The van der Waals surface area contributed by atoms with Crippen LogP contribution in [-0.4, -0.2) is 37.3 Å². The van der Waals surface area contributed by atoms with Crippen molar-refractivity contribution in [1.29, 1.82) is 0 Å². The molecular formula is C28H26F3N3O4. The maximum atomic E-state index is 12.9. The smallest absolute Gasteiger partial charge is 0.416 e. The summed E-state index contributed by atoms with van der Waals surface area (Å²) in [5.41, 5.74) is 2.41. The third-order valence-corrected chi connectivity index (χ3v) is 6.55. The van der Waals surface area contributed by atoms with E-state index in [0.717, 1.165) is 39.6 Å². The van der Waals surface area contributed by atoms with Crippen LogP contribution in [-0.2, 0) is 23.9 Å². The van der Waals surface area contributed by atoms with E-state index in [2.05, 4.69) is 10.3 Å². The van der Waals surface area contributed by atoms with E-state index in [4.69, 9.17) is 0 Å². The number of fused-ring (bicyclic) bond motifs is 1. The van der Waals surface area contributed by atoms with Crippen LogP contribution in [0.25, 0.3) is 22.0 Å². The van der Waals surface area contributed by atoms with Crippen LogP contribution in [0.5, 0.6) is 0 Å². The number of aromatic nitrogens is 3. The summed E-state index contributed by atoms with van der Waals surface area (Å²) in [6, 6.07) is 18.5. The Bertz CT molecular complexity index is 1480. The van der Waals surface area contributed by atoms with Crippen LogP contribution in [0.15, 0.2) is 71.5 Å². The van der Waals surface area contributed by atoms with Gasteiger partial charge in [0.1, 0.15) is 5.52 Å². The number of nitrogens with zero attached hydrogens (tertiary/aromatic N) is 3. The molecule has 2 atom stereocenters. The number of benzene rings is 3. The third kappa shape index (κ3) is 6.25. The van der Waals surface area contributed by atoms with Gasteiger partial charge >= 0.3 is 12.1 Å². The van der Waals surface area contributed by atoms with Gasteiger partial charge in [-0.15, -0.1) is 5.10 Å². The number of halogens is 3. The van der Waals surface area contributed by atoms with Crippen molar-refractivity contribution in [3.63, 3.8) is 0 Å². The van der Waals surface area contributed by atoms with Gasteiger partial charge in [0, 0.05) is 6.54 Å². The molecule has 4 rings (SSSR count). The van der Waals surface area contributed by atoms with Gasteiger partial charge in [0.25, 0.3) is 5.56 Å². The zero-order valence-corrected chi connectivity index (χ0v) is 20.5. The van der Waals surface area contributed by atoms with E-state index in [-0.39, 0.29) is 30.3 Å². The fourth-order valence-electron chi connectivity index (χ4n) is 4.27. The minimum absolute atomic E-state index is 0.0606. The number of hydrogen-bond donors (Lipinski definition) is 2. The first-order valence-corrected chi connectivity index (χ1v) is 12.0. The van der Waals surface area contributed by atoms with Gasteiger partial charge in [0.2, 0.25) is 0 Å². The molecule has 0 spiro atoms. The molecule has 0 amide bonds. The molecule has 7 nitrogen and oxygen atoms in total. The molecule has 0 bridgehead atoms. The van der Waals surface area contributed by atoms with Crippen molar-refractivity contribution in [2.45, 2.75) is 45.0 Å². The fourth-order valence-corrected chi connectivity index (χ4v) is 4.27. The maximum absolute atomic E-state index is 12.9. The number of aliphatic carboxylic acids is 1. The summed E-state index contributed by atoms with van der Waals surface area (Å²) in [7, 11) is 0. The number of rotatable bonds is 9. The van der Waals surface area contributed by atoms with Gasteiger partial charge < -0.3 is 10.2 Å². The predicted octanol–water partition coefficient (Wildman–Crippen LogP) is 4.87. The van der Waals surface area contributed by atoms with E-state index in [9.17, 15) is 33.0 Å². The lowest BCUT2D eigenvalue weighted by Crippen LogP contribution is -2.32. The topological polar surface area (TPSA) is 105 Å². The fraction of sp³-hybridized carbons (Fsp3) is 0.286. The van der Waals surface area contributed by atoms with Crippen molar-refractivity contribution in [2.75, 3.05) is 0 Å². The number of aliphatic hydroxyl groups excluding tert-OH is 1. The Morgan fingerprint density at radius 3 is 2.21 bits per heavy atom. The summed E-state index contributed by atoms with van der Waals surface area (Å²) >= 11 is 0. The van der Waals surface area contributed by atoms with Gasteiger partial charge in [-0.05, 0) is 61.1 Å². The van der Waals surface area contributed by atoms with Gasteiger partial charge in [0.15, 0.2) is 0 Å². The molecule has 0 aliphatic carbocycles. The average Bonchev–Trinajstić information content (AvgIpc) is 2.88. The molecule has 0 saturated heterocycles. The minimum atomic E-state index is -4.58. The second-order valence-corrected chi connectivity index (χ2v) is 9.25. The van der Waals surface area contributed by atoms with E-state index < -0.39 is 35.3 Å². The molecule has 0 aliphatic heterocycles. The number of carboxylic acids is 1. The van der Waals surface area contributed by atoms with E-state index >= 15 is 0 Å². The minimum Gasteiger partial charge on any atom is -0.481 e. The van der Waals surface area contributed by atoms with Crippen LogP contribution >= 0.6 is 0 Å². The van der Waals surface area contributed by atoms with Crippen molar-refractivity contribution >= 4 is 16.9 Å². The molecule has 1 heterocycles. The molecule has 2 N–H and O–H groups in total. The van der Waals surface area contributed by atoms with Crippen LogP contribution in [0.2, 0.25) is 0 Å². The predicted molar refractivity (Wildman–Crippen MR) is 135 cm³/mol. The monoisotopic (exact) mass is 525 g/mol. The highest BCUT2D eigenvalue weighted by atomic mass is 19.4. The second kappa shape index (κ2) is 11.1. The standard InChI is InChI=1S/C28H26F3N3O4/c1-17-2-7-19(8-3-17)20-9-4-18(5-10-20)6-13-25(35)23(27(37)38)14-15-34-26(36)22-12-11-21(28(29,30)31)16-24(22)32-33-34/h2-5,7-12,16,23,25,35H,6,13-15H2,1H3,(H,37,38)/t23?,25-/m1/s1. The lowest BCUT2D eigenvalue weighted by molar-refractivity contribution is -0.146. The molecule has 0 aliphatic rings. The van der Waals surface area contributed by atoms with Gasteiger partial charge in [0.05, 0.1) is 23.0 Å². The molecule has 4 aromatic rings. The Kier molecular flexibility index (Phi) is 7.91. The van der Waals surface area contributed by atoms with Gasteiger partial charge in [-0.2, -0.15) is 13.2 Å². The third-order valence-electron chi connectivity index (χ3n) is 6.55. The number of alkyl halides is 3. The largest absolute Gasteiger partial charge is 0.481 e. The lowest BCUT2D eigenvalue weighted by atomic mass is 9.93. The SMILES string of the molecule is Cc1ccc(-c2ccc(CC[C@@H](O)C(CCn3nnc4cc(C(F)(F)F)ccc4c3=O)C(=O)O)cc2)cc1. The van der Waals surface area contributed by atoms with Gasteiger partial charge in [-0.3, -0.25) is 9.59 Å². The summed E-state index contributed by atoms with van der Waals surface area (Å²) in [5, 5.41) is 27.6. The number of aryl methyl sites for hydroxylation is 3. The van der Waals surface area contributed by atoms with E-state index in [1.807, 2.05) is 55.5 Å². The van der Waals surface area contributed by atoms with Crippen molar-refractivity contribution in [1.82, 2.24) is 15.0 Å². The normalized spacial score (nSPS) is 13.4.